The van der Waals surface area contributed by atoms with Crippen molar-refractivity contribution < 1.29 is 4.92 Å². The molecule has 17 heavy (non-hydrogen) atoms. The Kier molecular flexibility index (Phi) is 1.89. The lowest BCUT2D eigenvalue weighted by Crippen LogP contribution is -1.93. The third-order valence-corrected chi connectivity index (χ3v) is 2.96. The number of hydrogen-bond acceptors (Lipinski definition) is 3. The van der Waals surface area contributed by atoms with Crippen LogP contribution >= 0.6 is 0 Å². The summed E-state index contributed by atoms with van der Waals surface area (Å²) >= 11 is 0. The van der Waals surface area contributed by atoms with Crippen molar-refractivity contribution in [1.29, 1.82) is 0 Å². The van der Waals surface area contributed by atoms with E-state index >= 15 is 0 Å². The van der Waals surface area contributed by atoms with E-state index in [0.29, 0.717) is 11.2 Å². The number of aromatic nitrogens is 2. The van der Waals surface area contributed by atoms with Crippen molar-refractivity contribution in [3.05, 3.63) is 46.1 Å². The average Bonchev–Trinajstić information content (AvgIpc) is 2.67. The SMILES string of the molecule is Cc1c([N+](=O)[O-])cnc2[nH]c3ccccc3c12. The molecule has 0 spiro atoms. The van der Waals surface area contributed by atoms with Gasteiger partial charge in [-0.25, -0.2) is 4.98 Å². The molecule has 1 aromatic carbocycles. The van der Waals surface area contributed by atoms with Crippen molar-refractivity contribution >= 4 is 27.6 Å². The lowest BCUT2D eigenvalue weighted by molar-refractivity contribution is -0.385. The largest absolute Gasteiger partial charge is 0.339 e. The fourth-order valence-corrected chi connectivity index (χ4v) is 2.14. The second kappa shape index (κ2) is 3.28. The van der Waals surface area contributed by atoms with Crippen molar-refractivity contribution in [2.75, 3.05) is 0 Å². The molecule has 0 bridgehead atoms. The van der Waals surface area contributed by atoms with E-state index in [2.05, 4.69) is 9.97 Å². The fourth-order valence-electron chi connectivity index (χ4n) is 2.14. The van der Waals surface area contributed by atoms with E-state index in [9.17, 15) is 10.1 Å². The van der Waals surface area contributed by atoms with E-state index in [1.165, 1.54) is 6.20 Å². The van der Waals surface area contributed by atoms with Gasteiger partial charge in [0.25, 0.3) is 5.69 Å². The van der Waals surface area contributed by atoms with Gasteiger partial charge < -0.3 is 4.98 Å². The quantitative estimate of drug-likeness (QED) is 0.513. The molecule has 5 heteroatoms. The van der Waals surface area contributed by atoms with E-state index in [1.54, 1.807) is 6.92 Å². The maximum absolute atomic E-state index is 10.9. The van der Waals surface area contributed by atoms with Gasteiger partial charge in [0.05, 0.1) is 4.92 Å². The molecule has 3 rings (SSSR count). The summed E-state index contributed by atoms with van der Waals surface area (Å²) in [6, 6.07) is 7.70. The Bertz CT molecular complexity index is 746. The zero-order valence-corrected chi connectivity index (χ0v) is 9.10. The molecule has 84 valence electrons. The summed E-state index contributed by atoms with van der Waals surface area (Å²) in [7, 11) is 0. The predicted octanol–water partition coefficient (Wildman–Crippen LogP) is 2.93. The second-order valence-corrected chi connectivity index (χ2v) is 3.92. The molecule has 0 fully saturated rings. The van der Waals surface area contributed by atoms with Crippen LogP contribution in [0.4, 0.5) is 5.69 Å². The van der Waals surface area contributed by atoms with Crippen molar-refractivity contribution in [3.8, 4) is 0 Å². The molecule has 0 unspecified atom stereocenters. The topological polar surface area (TPSA) is 71.8 Å². The van der Waals surface area contributed by atoms with Crippen molar-refractivity contribution in [2.24, 2.45) is 0 Å². The van der Waals surface area contributed by atoms with Gasteiger partial charge in [-0.05, 0) is 13.0 Å². The third-order valence-electron chi connectivity index (χ3n) is 2.96. The third kappa shape index (κ3) is 1.29. The summed E-state index contributed by atoms with van der Waals surface area (Å²) in [5.74, 6) is 0. The fraction of sp³-hybridized carbons (Fsp3) is 0.0833. The Morgan fingerprint density at radius 3 is 2.88 bits per heavy atom. The number of benzene rings is 1. The first-order valence-electron chi connectivity index (χ1n) is 5.19. The van der Waals surface area contributed by atoms with Crippen LogP contribution in [0, 0.1) is 17.0 Å². The molecule has 2 heterocycles. The maximum atomic E-state index is 10.9. The van der Waals surface area contributed by atoms with Crippen molar-refractivity contribution in [3.63, 3.8) is 0 Å². The van der Waals surface area contributed by atoms with Crippen LogP contribution in [0.25, 0.3) is 21.9 Å². The number of nitrogens with zero attached hydrogens (tertiary/aromatic N) is 2. The van der Waals surface area contributed by atoms with Crippen LogP contribution < -0.4 is 0 Å². The monoisotopic (exact) mass is 227 g/mol. The van der Waals surface area contributed by atoms with E-state index in [1.807, 2.05) is 24.3 Å². The lowest BCUT2D eigenvalue weighted by Gasteiger charge is -1.98. The Labute approximate surface area is 96.2 Å². The summed E-state index contributed by atoms with van der Waals surface area (Å²) in [6.07, 6.45) is 1.30. The summed E-state index contributed by atoms with van der Waals surface area (Å²) < 4.78 is 0. The molecule has 3 aromatic rings. The van der Waals surface area contributed by atoms with Crippen LogP contribution in [0.5, 0.6) is 0 Å². The standard InChI is InChI=1S/C12H9N3O2/c1-7-10(15(16)17)6-13-12-11(7)8-4-2-3-5-9(8)14-12/h2-6H,1H3,(H,13,14). The van der Waals surface area contributed by atoms with Gasteiger partial charge in [-0.15, -0.1) is 0 Å². The van der Waals surface area contributed by atoms with Gasteiger partial charge in [0.2, 0.25) is 0 Å². The summed E-state index contributed by atoms with van der Waals surface area (Å²) in [6.45, 7) is 1.75. The van der Waals surface area contributed by atoms with Gasteiger partial charge in [0.1, 0.15) is 11.8 Å². The van der Waals surface area contributed by atoms with Gasteiger partial charge in [0, 0.05) is 21.9 Å². The van der Waals surface area contributed by atoms with E-state index < -0.39 is 4.92 Å². The van der Waals surface area contributed by atoms with Crippen molar-refractivity contribution in [1.82, 2.24) is 9.97 Å². The smallest absolute Gasteiger partial charge is 0.291 e. The highest BCUT2D eigenvalue weighted by Crippen LogP contribution is 2.31. The van der Waals surface area contributed by atoms with Crippen LogP contribution in [0.2, 0.25) is 0 Å². The van der Waals surface area contributed by atoms with E-state index in [0.717, 1.165) is 16.3 Å². The molecule has 0 aliphatic rings. The molecule has 0 aliphatic carbocycles. The Balaban J connectivity index is 2.52. The van der Waals surface area contributed by atoms with Gasteiger partial charge >= 0.3 is 0 Å². The molecule has 1 N–H and O–H groups in total. The zero-order valence-electron chi connectivity index (χ0n) is 9.10. The van der Waals surface area contributed by atoms with Gasteiger partial charge in [-0.2, -0.15) is 0 Å². The van der Waals surface area contributed by atoms with Crippen LogP contribution in [0.15, 0.2) is 30.5 Å². The minimum Gasteiger partial charge on any atom is -0.339 e. The number of hydrogen-bond donors (Lipinski definition) is 1. The van der Waals surface area contributed by atoms with Gasteiger partial charge in [0.15, 0.2) is 0 Å². The maximum Gasteiger partial charge on any atom is 0.291 e. The molecule has 0 amide bonds. The molecule has 0 saturated carbocycles. The first-order chi connectivity index (χ1) is 8.18. The number of pyridine rings is 1. The lowest BCUT2D eigenvalue weighted by atomic mass is 10.1. The highest BCUT2D eigenvalue weighted by Gasteiger charge is 2.17. The van der Waals surface area contributed by atoms with E-state index in [4.69, 9.17) is 0 Å². The predicted molar refractivity (Wildman–Crippen MR) is 65.0 cm³/mol. The highest BCUT2D eigenvalue weighted by molar-refractivity contribution is 6.08. The number of nitro groups is 1. The Morgan fingerprint density at radius 1 is 1.35 bits per heavy atom. The summed E-state index contributed by atoms with van der Waals surface area (Å²) in [5.41, 5.74) is 2.34. The normalized spacial score (nSPS) is 11.1. The number of rotatable bonds is 1. The number of H-pyrrole nitrogens is 1. The number of fused-ring (bicyclic) bond motifs is 3. The molecule has 0 radical (unpaired) electrons. The average molecular weight is 227 g/mol. The molecular formula is C12H9N3O2. The highest BCUT2D eigenvalue weighted by atomic mass is 16.6. The number of aryl methyl sites for hydroxylation is 1. The van der Waals surface area contributed by atoms with Crippen LogP contribution in [-0.2, 0) is 0 Å². The minimum absolute atomic E-state index is 0.0576. The first kappa shape index (κ1) is 9.77. The molecular weight excluding hydrogens is 218 g/mol. The van der Waals surface area contributed by atoms with Crippen LogP contribution in [0.3, 0.4) is 0 Å². The van der Waals surface area contributed by atoms with E-state index in [-0.39, 0.29) is 5.69 Å². The molecule has 0 atom stereocenters. The van der Waals surface area contributed by atoms with Gasteiger partial charge in [-0.1, -0.05) is 18.2 Å². The number of para-hydroxylation sites is 1. The Morgan fingerprint density at radius 2 is 2.12 bits per heavy atom. The molecule has 2 aromatic heterocycles. The molecule has 0 aliphatic heterocycles. The van der Waals surface area contributed by atoms with Crippen LogP contribution in [-0.4, -0.2) is 14.9 Å². The van der Waals surface area contributed by atoms with Gasteiger partial charge in [-0.3, -0.25) is 10.1 Å². The van der Waals surface area contributed by atoms with Crippen molar-refractivity contribution in [2.45, 2.75) is 6.92 Å². The molecule has 5 nitrogen and oxygen atoms in total. The molecule has 0 saturated heterocycles. The zero-order chi connectivity index (χ0) is 12.0. The minimum atomic E-state index is -0.399. The summed E-state index contributed by atoms with van der Waals surface area (Å²) in [4.78, 5) is 17.7. The number of aromatic amines is 1. The Hall–Kier alpha value is -2.43. The first-order valence-corrected chi connectivity index (χ1v) is 5.19. The van der Waals surface area contributed by atoms with Crippen LogP contribution in [0.1, 0.15) is 5.56 Å². The second-order valence-electron chi connectivity index (χ2n) is 3.92. The summed E-state index contributed by atoms with van der Waals surface area (Å²) in [5, 5.41) is 12.7. The number of nitrogens with one attached hydrogen (secondary N) is 1.